The zero-order valence-corrected chi connectivity index (χ0v) is 38.5. The Morgan fingerprint density at radius 2 is 0.759 bits per heavy atom. The molecule has 1 amide bonds. The molecule has 0 bridgehead atoms. The Bertz CT molecular complexity index is 919. The van der Waals surface area contributed by atoms with Gasteiger partial charge < -0.3 is 25.7 Å². The topological polar surface area (TPSA) is 110 Å². The molecule has 4 atom stereocenters. The molecule has 0 saturated heterocycles. The predicted octanol–water partition coefficient (Wildman–Crippen LogP) is 14.1. The highest BCUT2D eigenvalue weighted by molar-refractivity contribution is 5.80. The van der Waals surface area contributed by atoms with Gasteiger partial charge in [0.1, 0.15) is 12.2 Å². The zero-order valence-electron chi connectivity index (χ0n) is 38.5. The fourth-order valence-corrected chi connectivity index (χ4v) is 7.79. The van der Waals surface area contributed by atoms with E-state index in [4.69, 9.17) is 0 Å². The molecule has 4 unspecified atom stereocenters. The van der Waals surface area contributed by atoms with Crippen LogP contribution in [0.5, 0.6) is 0 Å². The van der Waals surface area contributed by atoms with Crippen molar-refractivity contribution in [2.45, 2.75) is 282 Å². The average molecular weight is 818 g/mol. The lowest BCUT2D eigenvalue weighted by atomic mass is 10.00. The summed E-state index contributed by atoms with van der Waals surface area (Å²) in [7, 11) is 0. The molecular weight excluding hydrogens is 719 g/mol. The molecule has 5 N–H and O–H groups in total. The number of hydrogen-bond acceptors (Lipinski definition) is 5. The molecule has 6 nitrogen and oxygen atoms in total. The van der Waals surface area contributed by atoms with Gasteiger partial charge in [-0.25, -0.2) is 0 Å². The summed E-state index contributed by atoms with van der Waals surface area (Å²) in [6, 6.07) is -1.00. The molecule has 0 rings (SSSR count). The van der Waals surface area contributed by atoms with E-state index in [9.17, 15) is 25.2 Å². The van der Waals surface area contributed by atoms with E-state index in [1.807, 2.05) is 0 Å². The maximum absolute atomic E-state index is 12.5. The fraction of sp³-hybridized carbons (Fsp3) is 0.865. The van der Waals surface area contributed by atoms with Crippen molar-refractivity contribution >= 4 is 5.91 Å². The number of carbonyl (C=O) groups excluding carboxylic acids is 1. The Hall–Kier alpha value is -1.47. The molecule has 6 heteroatoms. The van der Waals surface area contributed by atoms with Gasteiger partial charge in [0.2, 0.25) is 5.91 Å². The number of aliphatic hydroxyl groups excluding tert-OH is 4. The highest BCUT2D eigenvalue weighted by Gasteiger charge is 2.28. The summed E-state index contributed by atoms with van der Waals surface area (Å²) >= 11 is 0. The van der Waals surface area contributed by atoms with E-state index in [2.05, 4.69) is 55.6 Å². The molecule has 0 aliphatic heterocycles. The van der Waals surface area contributed by atoms with Crippen LogP contribution in [-0.4, -0.2) is 57.3 Å². The predicted molar refractivity (Wildman–Crippen MR) is 251 cm³/mol. The maximum atomic E-state index is 12.5. The van der Waals surface area contributed by atoms with E-state index in [0.717, 1.165) is 44.9 Å². The van der Waals surface area contributed by atoms with Crippen molar-refractivity contribution in [3.05, 3.63) is 36.5 Å². The minimum atomic E-state index is -1.28. The van der Waals surface area contributed by atoms with E-state index in [1.165, 1.54) is 186 Å². The zero-order chi connectivity index (χ0) is 42.4. The molecule has 0 radical (unpaired) electrons. The maximum Gasteiger partial charge on any atom is 0.249 e. The third-order valence-corrected chi connectivity index (χ3v) is 11.8. The first-order chi connectivity index (χ1) is 28.5. The van der Waals surface area contributed by atoms with Crippen molar-refractivity contribution in [2.24, 2.45) is 0 Å². The normalized spacial score (nSPS) is 14.2. The summed E-state index contributed by atoms with van der Waals surface area (Å²) in [6.07, 6.45) is 56.4. The van der Waals surface area contributed by atoms with Gasteiger partial charge in [0.15, 0.2) is 0 Å². The van der Waals surface area contributed by atoms with Gasteiger partial charge in [-0.2, -0.15) is 0 Å². The number of unbranched alkanes of at least 4 members (excludes halogenated alkanes) is 31. The Morgan fingerprint density at radius 3 is 1.14 bits per heavy atom. The molecule has 0 aliphatic rings. The first kappa shape index (κ1) is 56.5. The second-order valence-electron chi connectivity index (χ2n) is 17.5. The molecule has 342 valence electrons. The van der Waals surface area contributed by atoms with Crippen LogP contribution < -0.4 is 5.32 Å². The number of rotatable bonds is 46. The van der Waals surface area contributed by atoms with Crippen molar-refractivity contribution < 1.29 is 25.2 Å². The smallest absolute Gasteiger partial charge is 0.249 e. The summed E-state index contributed by atoms with van der Waals surface area (Å²) in [5.41, 5.74) is 0. The van der Waals surface area contributed by atoms with Gasteiger partial charge in [-0.15, -0.1) is 0 Å². The van der Waals surface area contributed by atoms with Crippen LogP contribution in [0, 0.1) is 0 Å². The Kier molecular flexibility index (Phi) is 45.4. The molecule has 0 saturated carbocycles. The largest absolute Gasteiger partial charge is 0.394 e. The van der Waals surface area contributed by atoms with Crippen LogP contribution in [0.2, 0.25) is 0 Å². The van der Waals surface area contributed by atoms with E-state index >= 15 is 0 Å². The monoisotopic (exact) mass is 818 g/mol. The third kappa shape index (κ3) is 40.0. The number of carbonyl (C=O) groups is 1. The van der Waals surface area contributed by atoms with Crippen molar-refractivity contribution in [3.8, 4) is 0 Å². The number of hydrogen-bond donors (Lipinski definition) is 5. The summed E-state index contributed by atoms with van der Waals surface area (Å²) in [5, 5.41) is 43.7. The highest BCUT2D eigenvalue weighted by Crippen LogP contribution is 2.16. The number of aliphatic hydroxyl groups is 4. The van der Waals surface area contributed by atoms with Crippen molar-refractivity contribution in [1.29, 1.82) is 0 Å². The Morgan fingerprint density at radius 1 is 0.431 bits per heavy atom. The quantitative estimate of drug-likeness (QED) is 0.0310. The average Bonchev–Trinajstić information content (AvgIpc) is 3.23. The lowest BCUT2D eigenvalue weighted by molar-refractivity contribution is -0.132. The van der Waals surface area contributed by atoms with Gasteiger partial charge in [0.05, 0.1) is 18.8 Å². The Balaban J connectivity index is 3.62. The molecule has 0 aliphatic carbocycles. The number of amides is 1. The van der Waals surface area contributed by atoms with Crippen LogP contribution in [0.25, 0.3) is 0 Å². The molecule has 58 heavy (non-hydrogen) atoms. The summed E-state index contributed by atoms with van der Waals surface area (Å²) in [4.78, 5) is 12.5. The molecule has 0 heterocycles. The van der Waals surface area contributed by atoms with Crippen molar-refractivity contribution in [1.82, 2.24) is 5.32 Å². The summed E-state index contributed by atoms with van der Waals surface area (Å²) in [6.45, 7) is 4.03. The molecule has 0 aromatic heterocycles. The number of allylic oxidation sites excluding steroid dienone is 6. The minimum absolute atomic E-state index is 0.363. The molecular formula is C52H99NO5. The van der Waals surface area contributed by atoms with Gasteiger partial charge in [-0.3, -0.25) is 4.79 Å². The molecule has 0 fully saturated rings. The van der Waals surface area contributed by atoms with E-state index in [-0.39, 0.29) is 0 Å². The Labute approximate surface area is 360 Å². The SMILES string of the molecule is CCCCCCCCC/C=C/CCCC(O)C(O)C(CO)NC(=O)C(O)CCCCCCCCCCCCCCCC/C=C\C/C=C\CCCCCCCCCCC. The van der Waals surface area contributed by atoms with Crippen molar-refractivity contribution in [2.75, 3.05) is 6.61 Å². The fourth-order valence-electron chi connectivity index (χ4n) is 7.79. The molecule has 0 aromatic carbocycles. The highest BCUT2D eigenvalue weighted by atomic mass is 16.3. The van der Waals surface area contributed by atoms with Gasteiger partial charge >= 0.3 is 0 Å². The van der Waals surface area contributed by atoms with E-state index in [0.29, 0.717) is 12.8 Å². The van der Waals surface area contributed by atoms with Gasteiger partial charge in [0, 0.05) is 0 Å². The van der Waals surface area contributed by atoms with Gasteiger partial charge in [-0.05, 0) is 70.6 Å². The van der Waals surface area contributed by atoms with Crippen LogP contribution in [0.15, 0.2) is 36.5 Å². The summed E-state index contributed by atoms with van der Waals surface area (Å²) < 4.78 is 0. The second-order valence-corrected chi connectivity index (χ2v) is 17.5. The van der Waals surface area contributed by atoms with Crippen LogP contribution >= 0.6 is 0 Å². The van der Waals surface area contributed by atoms with Gasteiger partial charge in [-0.1, -0.05) is 224 Å². The minimum Gasteiger partial charge on any atom is -0.394 e. The van der Waals surface area contributed by atoms with Crippen LogP contribution in [0.1, 0.15) is 258 Å². The summed E-state index contributed by atoms with van der Waals surface area (Å²) in [5.74, 6) is -0.594. The van der Waals surface area contributed by atoms with Crippen LogP contribution in [0.3, 0.4) is 0 Å². The number of nitrogens with one attached hydrogen (secondary N) is 1. The standard InChI is InChI=1S/C52H99NO5/c1-3-5-7-9-11-13-15-17-18-19-20-21-22-23-24-25-26-27-28-29-30-31-32-33-34-36-38-40-42-44-46-50(56)52(58)53-48(47-54)51(57)49(55)45-43-41-39-37-35-16-14-12-10-8-6-4-2/h20-21,23-24,37,39,48-51,54-57H,3-19,22,25-36,38,40-47H2,1-2H3,(H,53,58)/b21-20-,24-23-,39-37+. The molecule has 0 aromatic rings. The molecule has 0 spiro atoms. The first-order valence-corrected chi connectivity index (χ1v) is 25.4. The lowest BCUT2D eigenvalue weighted by Gasteiger charge is -2.27. The van der Waals surface area contributed by atoms with Crippen LogP contribution in [0.4, 0.5) is 0 Å². The third-order valence-electron chi connectivity index (χ3n) is 11.8. The van der Waals surface area contributed by atoms with Crippen LogP contribution in [-0.2, 0) is 4.79 Å². The van der Waals surface area contributed by atoms with Gasteiger partial charge in [0.25, 0.3) is 0 Å². The van der Waals surface area contributed by atoms with E-state index < -0.39 is 36.9 Å². The first-order valence-electron chi connectivity index (χ1n) is 25.4. The lowest BCUT2D eigenvalue weighted by Crippen LogP contribution is -2.53. The van der Waals surface area contributed by atoms with Crippen molar-refractivity contribution in [3.63, 3.8) is 0 Å². The second kappa shape index (κ2) is 46.6. The van der Waals surface area contributed by atoms with E-state index in [1.54, 1.807) is 0 Å².